The first-order valence-corrected chi connectivity index (χ1v) is 9.34. The Kier molecular flexibility index (Phi) is 5.21. The normalized spacial score (nSPS) is 19.4. The number of hydrogen-bond donors (Lipinski definition) is 0. The summed E-state index contributed by atoms with van der Waals surface area (Å²) in [6.07, 6.45) is 3.10. The molecule has 0 bridgehead atoms. The van der Waals surface area contributed by atoms with Crippen LogP contribution >= 0.6 is 0 Å². The molecule has 1 aromatic carbocycles. The number of carbonyl (C=O) groups excluding carboxylic acids is 2. The van der Waals surface area contributed by atoms with E-state index in [4.69, 9.17) is 9.47 Å². The monoisotopic (exact) mass is 382 g/mol. The van der Waals surface area contributed by atoms with Crippen LogP contribution in [-0.2, 0) is 11.3 Å². The number of benzene rings is 1. The number of fused-ring (bicyclic) bond motifs is 1. The molecule has 0 spiro atoms. The van der Waals surface area contributed by atoms with Crippen LogP contribution in [0.5, 0.6) is 5.75 Å². The maximum atomic E-state index is 12.9. The fourth-order valence-electron chi connectivity index (χ4n) is 3.38. The number of aromatic nitrogens is 2. The highest BCUT2D eigenvalue weighted by Gasteiger charge is 2.29. The van der Waals surface area contributed by atoms with Gasteiger partial charge in [0.2, 0.25) is 5.82 Å². The molecule has 4 rings (SSSR count). The Hall–Kier alpha value is -3.00. The number of morpholine rings is 1. The summed E-state index contributed by atoms with van der Waals surface area (Å²) >= 11 is 0. The molecule has 2 amide bonds. The van der Waals surface area contributed by atoms with E-state index < -0.39 is 0 Å². The highest BCUT2D eigenvalue weighted by Crippen LogP contribution is 2.27. The zero-order valence-corrected chi connectivity index (χ0v) is 15.7. The fourth-order valence-corrected chi connectivity index (χ4v) is 3.38. The molecular weight excluding hydrogens is 360 g/mol. The minimum absolute atomic E-state index is 0.0346. The molecule has 0 N–H and O–H groups in total. The van der Waals surface area contributed by atoms with Gasteiger partial charge in [0.15, 0.2) is 0 Å². The van der Waals surface area contributed by atoms with E-state index in [0.717, 1.165) is 5.56 Å². The van der Waals surface area contributed by atoms with Crippen molar-refractivity contribution < 1.29 is 19.1 Å². The van der Waals surface area contributed by atoms with E-state index in [1.54, 1.807) is 34.3 Å². The van der Waals surface area contributed by atoms with Crippen LogP contribution in [0.15, 0.2) is 36.7 Å². The zero-order valence-electron chi connectivity index (χ0n) is 15.7. The van der Waals surface area contributed by atoms with Gasteiger partial charge in [0, 0.05) is 36.6 Å². The number of carbonyl (C=O) groups is 2. The quantitative estimate of drug-likeness (QED) is 0.780. The summed E-state index contributed by atoms with van der Waals surface area (Å²) in [4.78, 5) is 37.3. The zero-order chi connectivity index (χ0) is 19.5. The predicted molar refractivity (Wildman–Crippen MR) is 100 cm³/mol. The van der Waals surface area contributed by atoms with Gasteiger partial charge < -0.3 is 19.3 Å². The highest BCUT2D eigenvalue weighted by atomic mass is 16.5. The first-order valence-electron chi connectivity index (χ1n) is 9.34. The van der Waals surface area contributed by atoms with Crippen molar-refractivity contribution in [2.75, 3.05) is 32.9 Å². The Labute approximate surface area is 163 Å². The maximum Gasteiger partial charge on any atom is 0.292 e. The van der Waals surface area contributed by atoms with Crippen LogP contribution in [-0.4, -0.2) is 70.5 Å². The molecule has 1 atom stereocenters. The lowest BCUT2D eigenvalue weighted by atomic mass is 10.1. The van der Waals surface area contributed by atoms with Crippen LogP contribution in [0.4, 0.5) is 0 Å². The largest absolute Gasteiger partial charge is 0.491 e. The molecule has 0 saturated carbocycles. The van der Waals surface area contributed by atoms with Gasteiger partial charge in [0.1, 0.15) is 12.4 Å². The molecule has 146 valence electrons. The molecule has 1 fully saturated rings. The summed E-state index contributed by atoms with van der Waals surface area (Å²) < 4.78 is 11.2. The molecule has 0 aliphatic carbocycles. The molecule has 0 unspecified atom stereocenters. The Morgan fingerprint density at radius 3 is 2.61 bits per heavy atom. The van der Waals surface area contributed by atoms with Crippen molar-refractivity contribution >= 4 is 11.8 Å². The fraction of sp³-hybridized carbons (Fsp3) is 0.400. The number of hydrogen-bond acceptors (Lipinski definition) is 6. The van der Waals surface area contributed by atoms with Crippen molar-refractivity contribution in [2.24, 2.45) is 0 Å². The average Bonchev–Trinajstić information content (AvgIpc) is 2.92. The second kappa shape index (κ2) is 7.93. The van der Waals surface area contributed by atoms with E-state index in [1.165, 1.54) is 0 Å². The summed E-state index contributed by atoms with van der Waals surface area (Å²) in [6.45, 7) is 4.89. The third-order valence-corrected chi connectivity index (χ3v) is 4.98. The van der Waals surface area contributed by atoms with Gasteiger partial charge in [0.05, 0.1) is 25.8 Å². The van der Waals surface area contributed by atoms with E-state index in [-0.39, 0.29) is 23.7 Å². The molecule has 2 aliphatic heterocycles. The number of amides is 2. The summed E-state index contributed by atoms with van der Waals surface area (Å²) in [5.74, 6) is 0.551. The molecule has 1 aromatic heterocycles. The Morgan fingerprint density at radius 2 is 1.86 bits per heavy atom. The van der Waals surface area contributed by atoms with Crippen molar-refractivity contribution in [3.05, 3.63) is 53.6 Å². The van der Waals surface area contributed by atoms with Crippen LogP contribution in [0.2, 0.25) is 0 Å². The predicted octanol–water partition coefficient (Wildman–Crippen LogP) is 1.37. The number of ether oxygens (including phenoxy) is 2. The van der Waals surface area contributed by atoms with E-state index in [0.29, 0.717) is 50.8 Å². The van der Waals surface area contributed by atoms with E-state index in [1.807, 2.05) is 19.1 Å². The third-order valence-electron chi connectivity index (χ3n) is 4.98. The summed E-state index contributed by atoms with van der Waals surface area (Å²) in [6, 6.07) is 6.92. The highest BCUT2D eigenvalue weighted by molar-refractivity contribution is 5.95. The maximum absolute atomic E-state index is 12.9. The molecule has 2 aromatic rings. The molecular formula is C20H22N4O4. The summed E-state index contributed by atoms with van der Waals surface area (Å²) in [7, 11) is 0. The van der Waals surface area contributed by atoms with Crippen molar-refractivity contribution in [3.8, 4) is 5.75 Å². The molecule has 8 heteroatoms. The standard InChI is InChI=1S/C20H22N4O4/c1-14-13-28-17-4-3-15(19(25)23-7-9-27-10-8-23)11-16(17)12-24(14)20(26)18-21-5-2-6-22-18/h2-6,11,14H,7-10,12-13H2,1H3/t14-/m0/s1. The first kappa shape index (κ1) is 18.4. The summed E-state index contributed by atoms with van der Waals surface area (Å²) in [5, 5.41) is 0. The molecule has 28 heavy (non-hydrogen) atoms. The Bertz CT molecular complexity index is 868. The Balaban J connectivity index is 1.59. The van der Waals surface area contributed by atoms with Gasteiger partial charge in [-0.25, -0.2) is 9.97 Å². The van der Waals surface area contributed by atoms with Gasteiger partial charge in [-0.3, -0.25) is 9.59 Å². The van der Waals surface area contributed by atoms with Crippen LogP contribution < -0.4 is 4.74 Å². The second-order valence-corrected chi connectivity index (χ2v) is 6.89. The lowest BCUT2D eigenvalue weighted by molar-refractivity contribution is 0.0303. The lowest BCUT2D eigenvalue weighted by Crippen LogP contribution is -2.41. The van der Waals surface area contributed by atoms with E-state index in [9.17, 15) is 9.59 Å². The van der Waals surface area contributed by atoms with Gasteiger partial charge >= 0.3 is 0 Å². The van der Waals surface area contributed by atoms with Crippen LogP contribution in [0.3, 0.4) is 0 Å². The minimum Gasteiger partial charge on any atom is -0.491 e. The molecule has 1 saturated heterocycles. The van der Waals surface area contributed by atoms with Crippen LogP contribution in [0, 0.1) is 0 Å². The smallest absolute Gasteiger partial charge is 0.292 e. The topological polar surface area (TPSA) is 84.9 Å². The minimum atomic E-state index is -0.255. The van der Waals surface area contributed by atoms with E-state index >= 15 is 0 Å². The van der Waals surface area contributed by atoms with Crippen LogP contribution in [0.1, 0.15) is 33.5 Å². The lowest BCUT2D eigenvalue weighted by Gasteiger charge is -2.27. The van der Waals surface area contributed by atoms with Crippen molar-refractivity contribution in [1.29, 1.82) is 0 Å². The second-order valence-electron chi connectivity index (χ2n) is 6.89. The SMILES string of the molecule is C[C@H]1COc2ccc(C(=O)N3CCOCC3)cc2CN1C(=O)c1ncccn1. The molecule has 8 nitrogen and oxygen atoms in total. The molecule has 3 heterocycles. The van der Waals surface area contributed by atoms with Gasteiger partial charge in [-0.1, -0.05) is 0 Å². The first-order chi connectivity index (χ1) is 13.6. The van der Waals surface area contributed by atoms with Crippen LogP contribution in [0.25, 0.3) is 0 Å². The molecule has 2 aliphatic rings. The van der Waals surface area contributed by atoms with Crippen molar-refractivity contribution in [3.63, 3.8) is 0 Å². The van der Waals surface area contributed by atoms with Crippen molar-refractivity contribution in [1.82, 2.24) is 19.8 Å². The van der Waals surface area contributed by atoms with Gasteiger partial charge in [-0.05, 0) is 31.2 Å². The third kappa shape index (κ3) is 3.68. The average molecular weight is 382 g/mol. The van der Waals surface area contributed by atoms with Gasteiger partial charge in [0.25, 0.3) is 11.8 Å². The van der Waals surface area contributed by atoms with Crippen molar-refractivity contribution in [2.45, 2.75) is 19.5 Å². The van der Waals surface area contributed by atoms with Gasteiger partial charge in [-0.2, -0.15) is 0 Å². The van der Waals surface area contributed by atoms with E-state index in [2.05, 4.69) is 9.97 Å². The number of nitrogens with zero attached hydrogens (tertiary/aromatic N) is 4. The van der Waals surface area contributed by atoms with Gasteiger partial charge in [-0.15, -0.1) is 0 Å². The molecule has 0 radical (unpaired) electrons. The Morgan fingerprint density at radius 1 is 1.11 bits per heavy atom. The number of rotatable bonds is 2. The summed E-state index contributed by atoms with van der Waals surface area (Å²) in [5.41, 5.74) is 1.38.